The molecule has 0 aromatic heterocycles. The second-order valence-corrected chi connectivity index (χ2v) is 6.93. The third-order valence-electron chi connectivity index (χ3n) is 3.02. The number of aliphatic hydroxyl groups is 3. The number of carbonyl (C=O) groups excluding carboxylic acids is 1. The molecule has 0 saturated carbocycles. The van der Waals surface area contributed by atoms with Crippen molar-refractivity contribution in [1.29, 1.82) is 0 Å². The van der Waals surface area contributed by atoms with E-state index in [1.54, 1.807) is 0 Å². The Bertz CT molecular complexity index is 301. The predicted molar refractivity (Wildman–Crippen MR) is 69.3 cm³/mol. The Balaban J connectivity index is 2.77. The zero-order valence-electron chi connectivity index (χ0n) is 11.2. The number of thioether (sulfide) groups is 1. The highest BCUT2D eigenvalue weighted by Gasteiger charge is 2.47. The molecule has 0 bridgehead atoms. The van der Waals surface area contributed by atoms with Gasteiger partial charge >= 0.3 is 0 Å². The summed E-state index contributed by atoms with van der Waals surface area (Å²) in [6, 6.07) is 0. The molecular weight excluding hydrogens is 256 g/mol. The van der Waals surface area contributed by atoms with Crippen LogP contribution in [0.4, 0.5) is 0 Å². The normalized spacial score (nSPS) is 37.6. The van der Waals surface area contributed by atoms with Crippen LogP contribution in [0.2, 0.25) is 0 Å². The Labute approximate surface area is 112 Å². The summed E-state index contributed by atoms with van der Waals surface area (Å²) in [5.41, 5.74) is -0.361. The van der Waals surface area contributed by atoms with Gasteiger partial charge in [-0.3, -0.25) is 4.79 Å². The maximum atomic E-state index is 10.9. The summed E-state index contributed by atoms with van der Waals surface area (Å²) in [5.74, 6) is 0.271. The van der Waals surface area contributed by atoms with Gasteiger partial charge in [0, 0.05) is 12.7 Å². The van der Waals surface area contributed by atoms with Gasteiger partial charge in [-0.1, -0.05) is 32.5 Å². The van der Waals surface area contributed by atoms with E-state index in [1.165, 1.54) is 6.92 Å². The zero-order chi connectivity index (χ0) is 14.1. The van der Waals surface area contributed by atoms with Gasteiger partial charge in [0.25, 0.3) is 0 Å². The average molecular weight is 278 g/mol. The zero-order valence-corrected chi connectivity index (χ0v) is 12.0. The highest BCUT2D eigenvalue weighted by Crippen LogP contribution is 2.33. The van der Waals surface area contributed by atoms with Crippen LogP contribution >= 0.6 is 11.8 Å². The Morgan fingerprint density at radius 2 is 1.72 bits per heavy atom. The summed E-state index contributed by atoms with van der Waals surface area (Å²) >= 11 is 1.04. The lowest BCUT2D eigenvalue weighted by atomic mass is 9.80. The summed E-state index contributed by atoms with van der Waals surface area (Å²) < 4.78 is 5.66. The topological polar surface area (TPSA) is 87.0 Å². The maximum absolute atomic E-state index is 10.9. The molecule has 0 spiro atoms. The van der Waals surface area contributed by atoms with Crippen LogP contribution in [0.1, 0.15) is 27.7 Å². The monoisotopic (exact) mass is 278 g/mol. The van der Waals surface area contributed by atoms with Crippen LogP contribution in [0.5, 0.6) is 0 Å². The maximum Gasteiger partial charge on any atom is 0.185 e. The first-order valence-corrected chi connectivity index (χ1v) is 6.96. The van der Waals surface area contributed by atoms with Gasteiger partial charge in [-0.15, -0.1) is 0 Å². The summed E-state index contributed by atoms with van der Waals surface area (Å²) in [6.45, 7) is 7.11. The highest BCUT2D eigenvalue weighted by molar-refractivity contribution is 8.13. The van der Waals surface area contributed by atoms with Crippen LogP contribution in [0.25, 0.3) is 0 Å². The molecule has 5 nitrogen and oxygen atoms in total. The molecule has 1 rings (SSSR count). The second-order valence-electron chi connectivity index (χ2n) is 5.74. The molecule has 0 aromatic rings. The van der Waals surface area contributed by atoms with Crippen molar-refractivity contribution in [1.82, 2.24) is 0 Å². The summed E-state index contributed by atoms with van der Waals surface area (Å²) in [4.78, 5) is 10.9. The molecule has 0 radical (unpaired) electrons. The van der Waals surface area contributed by atoms with E-state index in [2.05, 4.69) is 0 Å². The van der Waals surface area contributed by atoms with Gasteiger partial charge < -0.3 is 20.1 Å². The standard InChI is InChI=1S/C12H22O5S/c1-6(13)18-5-7-8(14)9(15)10(16)11(17-7)12(2,3)4/h7-11,14-16H,5H2,1-4H3/t7?,8-,9-,10?,11+/m0/s1. The number of hydrogen-bond acceptors (Lipinski definition) is 6. The third kappa shape index (κ3) is 3.68. The first kappa shape index (κ1) is 15.9. The Morgan fingerprint density at radius 3 is 2.17 bits per heavy atom. The predicted octanol–water partition coefficient (Wildman–Crippen LogP) is 0.162. The minimum atomic E-state index is -1.25. The molecule has 3 N–H and O–H groups in total. The number of ether oxygens (including phenoxy) is 1. The number of aliphatic hydroxyl groups excluding tert-OH is 3. The second kappa shape index (κ2) is 5.88. The Hall–Kier alpha value is -0.140. The van der Waals surface area contributed by atoms with Gasteiger partial charge in [-0.25, -0.2) is 0 Å². The highest BCUT2D eigenvalue weighted by atomic mass is 32.2. The lowest BCUT2D eigenvalue weighted by molar-refractivity contribution is -0.238. The molecule has 0 amide bonds. The molecule has 106 valence electrons. The van der Waals surface area contributed by atoms with Crippen molar-refractivity contribution in [3.63, 3.8) is 0 Å². The van der Waals surface area contributed by atoms with Crippen molar-refractivity contribution >= 4 is 16.9 Å². The fourth-order valence-corrected chi connectivity index (χ4v) is 2.68. The third-order valence-corrected chi connectivity index (χ3v) is 3.92. The average Bonchev–Trinajstić information content (AvgIpc) is 2.23. The van der Waals surface area contributed by atoms with Gasteiger partial charge in [0.2, 0.25) is 0 Å². The first-order valence-electron chi connectivity index (χ1n) is 5.97. The van der Waals surface area contributed by atoms with Crippen LogP contribution in [0.3, 0.4) is 0 Å². The molecule has 0 aromatic carbocycles. The summed E-state index contributed by atoms with van der Waals surface area (Å²) in [5, 5.41) is 29.5. The van der Waals surface area contributed by atoms with Gasteiger partial charge in [0.15, 0.2) is 5.12 Å². The number of hydrogen-bond donors (Lipinski definition) is 3. The fraction of sp³-hybridized carbons (Fsp3) is 0.917. The van der Waals surface area contributed by atoms with Crippen LogP contribution in [0.15, 0.2) is 0 Å². The fourth-order valence-electron chi connectivity index (χ4n) is 2.00. The summed E-state index contributed by atoms with van der Waals surface area (Å²) in [7, 11) is 0. The minimum absolute atomic E-state index is 0.0706. The number of rotatable bonds is 2. The Morgan fingerprint density at radius 1 is 1.17 bits per heavy atom. The van der Waals surface area contributed by atoms with Crippen molar-refractivity contribution in [2.24, 2.45) is 5.41 Å². The van der Waals surface area contributed by atoms with E-state index in [0.717, 1.165) is 11.8 Å². The van der Waals surface area contributed by atoms with E-state index < -0.39 is 30.5 Å². The molecule has 2 unspecified atom stereocenters. The molecule has 6 heteroatoms. The largest absolute Gasteiger partial charge is 0.388 e. The van der Waals surface area contributed by atoms with Crippen LogP contribution in [-0.4, -0.2) is 56.7 Å². The molecule has 18 heavy (non-hydrogen) atoms. The summed E-state index contributed by atoms with van der Waals surface area (Å²) in [6.07, 6.45) is -4.78. The van der Waals surface area contributed by atoms with E-state index in [4.69, 9.17) is 4.74 Å². The van der Waals surface area contributed by atoms with E-state index >= 15 is 0 Å². The lowest BCUT2D eigenvalue weighted by Crippen LogP contribution is -2.61. The van der Waals surface area contributed by atoms with Gasteiger partial charge in [0.05, 0.1) is 12.2 Å². The van der Waals surface area contributed by atoms with E-state index in [1.807, 2.05) is 20.8 Å². The van der Waals surface area contributed by atoms with Crippen LogP contribution < -0.4 is 0 Å². The lowest BCUT2D eigenvalue weighted by Gasteiger charge is -2.45. The van der Waals surface area contributed by atoms with Crippen molar-refractivity contribution in [2.75, 3.05) is 5.75 Å². The first-order chi connectivity index (χ1) is 8.14. The van der Waals surface area contributed by atoms with Crippen molar-refractivity contribution in [2.45, 2.75) is 58.2 Å². The molecular formula is C12H22O5S. The van der Waals surface area contributed by atoms with Crippen molar-refractivity contribution < 1.29 is 24.9 Å². The van der Waals surface area contributed by atoms with E-state index in [0.29, 0.717) is 0 Å². The van der Waals surface area contributed by atoms with Crippen molar-refractivity contribution in [3.05, 3.63) is 0 Å². The molecule has 0 aliphatic carbocycles. The van der Waals surface area contributed by atoms with Gasteiger partial charge in [-0.05, 0) is 5.41 Å². The van der Waals surface area contributed by atoms with E-state index in [9.17, 15) is 20.1 Å². The van der Waals surface area contributed by atoms with Crippen LogP contribution in [-0.2, 0) is 9.53 Å². The van der Waals surface area contributed by atoms with E-state index in [-0.39, 0.29) is 16.3 Å². The molecule has 1 aliphatic rings. The quantitative estimate of drug-likeness (QED) is 0.667. The molecule has 5 atom stereocenters. The number of carbonyl (C=O) groups is 1. The van der Waals surface area contributed by atoms with Crippen molar-refractivity contribution in [3.8, 4) is 0 Å². The minimum Gasteiger partial charge on any atom is -0.388 e. The molecule has 1 heterocycles. The van der Waals surface area contributed by atoms with Crippen LogP contribution in [0, 0.1) is 5.41 Å². The molecule has 1 saturated heterocycles. The van der Waals surface area contributed by atoms with Gasteiger partial charge in [0.1, 0.15) is 18.3 Å². The smallest absolute Gasteiger partial charge is 0.185 e. The SMILES string of the molecule is CC(=O)SCC1O[C@@H](C(C)(C)C)C(O)[C@@H](O)[C@H]1O. The van der Waals surface area contributed by atoms with Gasteiger partial charge in [-0.2, -0.15) is 0 Å². The Kier molecular flexibility index (Phi) is 5.20. The molecule has 1 fully saturated rings. The molecule has 1 aliphatic heterocycles.